The Morgan fingerprint density at radius 2 is 1.87 bits per heavy atom. The second-order valence-corrected chi connectivity index (χ2v) is 7.36. The molecule has 3 rings (SSSR count). The number of rotatable bonds is 4. The zero-order valence-electron chi connectivity index (χ0n) is 17.0. The number of hydrogen-bond acceptors (Lipinski definition) is 4. The number of aryl methyl sites for hydroxylation is 1. The van der Waals surface area contributed by atoms with Gasteiger partial charge in [-0.3, -0.25) is 9.69 Å². The maximum atomic E-state index is 12.6. The Morgan fingerprint density at radius 3 is 2.40 bits per heavy atom. The van der Waals surface area contributed by atoms with Crippen molar-refractivity contribution in [2.75, 3.05) is 6.54 Å². The van der Waals surface area contributed by atoms with Gasteiger partial charge in [-0.15, -0.1) is 0 Å². The van der Waals surface area contributed by atoms with Crippen molar-refractivity contribution < 1.29 is 27.9 Å². The van der Waals surface area contributed by atoms with Crippen molar-refractivity contribution in [2.24, 2.45) is 7.05 Å². The Morgan fingerprint density at radius 1 is 1.27 bits per heavy atom. The zero-order valence-corrected chi connectivity index (χ0v) is 17.0. The standard InChI is InChI=1S/C18H24N4O.C2HF3O2/c1-13(2)20-18(23)15-10-22(9-14-7-5-4-6-8-14)11-16-17(15)21(3)12-19-16;3-2(4,5)1(6)7/h4-8,12-13,15H,9-11H2,1-3H3,(H,20,23);(H,6,7). The first-order valence-corrected chi connectivity index (χ1v) is 9.36. The third kappa shape index (κ3) is 6.31. The van der Waals surface area contributed by atoms with Crippen LogP contribution in [0.2, 0.25) is 0 Å². The second kappa shape index (κ2) is 9.75. The maximum absolute atomic E-state index is 12.6. The average Bonchev–Trinajstić information content (AvgIpc) is 3.02. The summed E-state index contributed by atoms with van der Waals surface area (Å²) in [6.07, 6.45) is -3.27. The summed E-state index contributed by atoms with van der Waals surface area (Å²) in [6.45, 7) is 6.33. The fraction of sp³-hybridized carbons (Fsp3) is 0.450. The SMILES string of the molecule is CC(C)NC(=O)C1CN(Cc2ccccc2)Cc2ncn(C)c21.O=C(O)C(F)(F)F. The number of alkyl halides is 3. The third-order valence-corrected chi connectivity index (χ3v) is 4.45. The highest BCUT2D eigenvalue weighted by atomic mass is 19.4. The molecule has 0 aliphatic carbocycles. The summed E-state index contributed by atoms with van der Waals surface area (Å²) in [6, 6.07) is 10.5. The molecule has 0 fully saturated rings. The smallest absolute Gasteiger partial charge is 0.475 e. The Bertz CT molecular complexity index is 866. The van der Waals surface area contributed by atoms with Crippen LogP contribution in [0.4, 0.5) is 13.2 Å². The molecular formula is C20H25F3N4O3. The first kappa shape index (κ1) is 23.4. The monoisotopic (exact) mass is 426 g/mol. The number of nitrogens with one attached hydrogen (secondary N) is 1. The molecule has 10 heteroatoms. The summed E-state index contributed by atoms with van der Waals surface area (Å²) in [5.74, 6) is -2.84. The van der Waals surface area contributed by atoms with Crippen molar-refractivity contribution in [1.29, 1.82) is 0 Å². The van der Waals surface area contributed by atoms with Crippen LogP contribution in [0.1, 0.15) is 36.7 Å². The molecule has 1 aliphatic rings. The van der Waals surface area contributed by atoms with E-state index in [0.717, 1.165) is 31.0 Å². The number of carbonyl (C=O) groups excluding carboxylic acids is 1. The summed E-state index contributed by atoms with van der Waals surface area (Å²) in [5.41, 5.74) is 3.32. The molecule has 7 nitrogen and oxygen atoms in total. The Labute approximate surface area is 172 Å². The van der Waals surface area contributed by atoms with E-state index in [4.69, 9.17) is 9.90 Å². The Kier molecular flexibility index (Phi) is 7.60. The lowest BCUT2D eigenvalue weighted by molar-refractivity contribution is -0.192. The van der Waals surface area contributed by atoms with Gasteiger partial charge in [0.05, 0.1) is 23.6 Å². The van der Waals surface area contributed by atoms with Gasteiger partial charge in [0, 0.05) is 32.7 Å². The van der Waals surface area contributed by atoms with Crippen LogP contribution in [-0.2, 0) is 29.7 Å². The highest BCUT2D eigenvalue weighted by Crippen LogP contribution is 2.28. The molecule has 0 spiro atoms. The fourth-order valence-corrected chi connectivity index (χ4v) is 3.23. The van der Waals surface area contributed by atoms with Crippen LogP contribution in [0.15, 0.2) is 36.7 Å². The summed E-state index contributed by atoms with van der Waals surface area (Å²) < 4.78 is 33.7. The molecule has 1 aromatic carbocycles. The van der Waals surface area contributed by atoms with Gasteiger partial charge in [0.15, 0.2) is 0 Å². The second-order valence-electron chi connectivity index (χ2n) is 7.36. The van der Waals surface area contributed by atoms with Crippen molar-refractivity contribution in [3.8, 4) is 0 Å². The lowest BCUT2D eigenvalue weighted by Crippen LogP contribution is -2.43. The van der Waals surface area contributed by atoms with Gasteiger partial charge in [-0.1, -0.05) is 30.3 Å². The van der Waals surface area contributed by atoms with E-state index in [0.29, 0.717) is 0 Å². The van der Waals surface area contributed by atoms with Gasteiger partial charge in [0.25, 0.3) is 0 Å². The van der Waals surface area contributed by atoms with Gasteiger partial charge in [0.2, 0.25) is 5.91 Å². The third-order valence-electron chi connectivity index (χ3n) is 4.45. The molecule has 2 aromatic rings. The van der Waals surface area contributed by atoms with Crippen LogP contribution in [0.5, 0.6) is 0 Å². The number of fused-ring (bicyclic) bond motifs is 1. The molecule has 2 heterocycles. The molecule has 1 aromatic heterocycles. The molecule has 1 aliphatic heterocycles. The number of aliphatic carboxylic acids is 1. The van der Waals surface area contributed by atoms with Crippen molar-refractivity contribution in [1.82, 2.24) is 19.8 Å². The van der Waals surface area contributed by atoms with Crippen LogP contribution >= 0.6 is 0 Å². The van der Waals surface area contributed by atoms with E-state index in [1.54, 1.807) is 0 Å². The van der Waals surface area contributed by atoms with Crippen LogP contribution in [0.25, 0.3) is 0 Å². The van der Waals surface area contributed by atoms with Crippen LogP contribution < -0.4 is 5.32 Å². The predicted octanol–water partition coefficient (Wildman–Crippen LogP) is 2.68. The zero-order chi connectivity index (χ0) is 22.5. The first-order chi connectivity index (χ1) is 14.0. The molecule has 0 radical (unpaired) electrons. The van der Waals surface area contributed by atoms with Crippen molar-refractivity contribution >= 4 is 11.9 Å². The Balaban J connectivity index is 0.000000396. The number of carbonyl (C=O) groups is 2. The number of aromatic nitrogens is 2. The van der Waals surface area contributed by atoms with E-state index in [2.05, 4.69) is 39.5 Å². The fourth-order valence-electron chi connectivity index (χ4n) is 3.23. The van der Waals surface area contributed by atoms with Crippen molar-refractivity contribution in [3.63, 3.8) is 0 Å². The molecular weight excluding hydrogens is 401 g/mol. The Hall–Kier alpha value is -2.88. The number of imidazole rings is 1. The maximum Gasteiger partial charge on any atom is 0.490 e. The summed E-state index contributed by atoms with van der Waals surface area (Å²) >= 11 is 0. The van der Waals surface area contributed by atoms with E-state index < -0.39 is 12.1 Å². The number of carboxylic acids is 1. The van der Waals surface area contributed by atoms with Gasteiger partial charge in [0.1, 0.15) is 0 Å². The average molecular weight is 426 g/mol. The van der Waals surface area contributed by atoms with Gasteiger partial charge < -0.3 is 15.0 Å². The summed E-state index contributed by atoms with van der Waals surface area (Å²) in [7, 11) is 1.97. The normalized spacial score (nSPS) is 16.4. The molecule has 1 amide bonds. The first-order valence-electron chi connectivity index (χ1n) is 9.36. The van der Waals surface area contributed by atoms with E-state index >= 15 is 0 Å². The van der Waals surface area contributed by atoms with E-state index in [9.17, 15) is 18.0 Å². The molecule has 2 N–H and O–H groups in total. The number of nitrogens with zero attached hydrogens (tertiary/aromatic N) is 3. The minimum atomic E-state index is -5.08. The highest BCUT2D eigenvalue weighted by Gasteiger charge is 2.38. The lowest BCUT2D eigenvalue weighted by atomic mass is 9.96. The van der Waals surface area contributed by atoms with Crippen LogP contribution in [0, 0.1) is 0 Å². The van der Waals surface area contributed by atoms with E-state index in [1.807, 2.05) is 37.9 Å². The number of hydrogen-bond donors (Lipinski definition) is 2. The van der Waals surface area contributed by atoms with Gasteiger partial charge in [-0.05, 0) is 19.4 Å². The van der Waals surface area contributed by atoms with Crippen LogP contribution in [-0.4, -0.2) is 50.2 Å². The van der Waals surface area contributed by atoms with Crippen LogP contribution in [0.3, 0.4) is 0 Å². The highest BCUT2D eigenvalue weighted by molar-refractivity contribution is 5.84. The number of benzene rings is 1. The van der Waals surface area contributed by atoms with E-state index in [-0.39, 0.29) is 17.9 Å². The van der Waals surface area contributed by atoms with E-state index in [1.165, 1.54) is 5.56 Å². The van der Waals surface area contributed by atoms with Gasteiger partial charge in [-0.2, -0.15) is 13.2 Å². The van der Waals surface area contributed by atoms with Gasteiger partial charge >= 0.3 is 12.1 Å². The quantitative estimate of drug-likeness (QED) is 0.785. The number of amides is 1. The predicted molar refractivity (Wildman–Crippen MR) is 103 cm³/mol. The number of carboxylic acid groups (broad SMARTS) is 1. The molecule has 0 bridgehead atoms. The molecule has 1 atom stereocenters. The molecule has 0 saturated carbocycles. The lowest BCUT2D eigenvalue weighted by Gasteiger charge is -2.32. The molecule has 1 unspecified atom stereocenters. The largest absolute Gasteiger partial charge is 0.490 e. The molecule has 30 heavy (non-hydrogen) atoms. The molecule has 0 saturated heterocycles. The topological polar surface area (TPSA) is 87.5 Å². The van der Waals surface area contributed by atoms with Gasteiger partial charge in [-0.25, -0.2) is 9.78 Å². The van der Waals surface area contributed by atoms with Crippen molar-refractivity contribution in [3.05, 3.63) is 53.6 Å². The summed E-state index contributed by atoms with van der Waals surface area (Å²) in [4.78, 5) is 28.3. The number of halogens is 3. The van der Waals surface area contributed by atoms with Crippen molar-refractivity contribution in [2.45, 2.75) is 45.1 Å². The minimum absolute atomic E-state index is 0.0858. The minimum Gasteiger partial charge on any atom is -0.475 e. The molecule has 164 valence electrons. The summed E-state index contributed by atoms with van der Waals surface area (Å²) in [5, 5.41) is 10.2.